The van der Waals surface area contributed by atoms with E-state index in [-0.39, 0.29) is 0 Å². The van der Waals surface area contributed by atoms with Gasteiger partial charge < -0.3 is 0 Å². The van der Waals surface area contributed by atoms with E-state index in [4.69, 9.17) is 0 Å². The SMILES string of the molecule is CCCCCCC1CCC(c2ccc(C3CCC(CCCCCC)CC3)s2)CC1. The van der Waals surface area contributed by atoms with Gasteiger partial charge >= 0.3 is 0 Å². The Kier molecular flexibility index (Phi) is 10.6. The summed E-state index contributed by atoms with van der Waals surface area (Å²) in [4.78, 5) is 3.46. The lowest BCUT2D eigenvalue weighted by atomic mass is 9.79. The molecule has 3 rings (SSSR count). The summed E-state index contributed by atoms with van der Waals surface area (Å²) in [6.45, 7) is 4.64. The molecule has 0 saturated heterocycles. The van der Waals surface area contributed by atoms with E-state index in [0.717, 1.165) is 23.7 Å². The van der Waals surface area contributed by atoms with Crippen molar-refractivity contribution in [3.8, 4) is 0 Å². The molecule has 2 aliphatic carbocycles. The lowest BCUT2D eigenvalue weighted by Gasteiger charge is -2.29. The normalized spacial score (nSPS) is 27.9. The van der Waals surface area contributed by atoms with Crippen LogP contribution in [0.3, 0.4) is 0 Å². The zero-order valence-electron chi connectivity index (χ0n) is 19.6. The summed E-state index contributed by atoms with van der Waals surface area (Å²) >= 11 is 2.20. The molecule has 2 fully saturated rings. The molecule has 0 aliphatic heterocycles. The topological polar surface area (TPSA) is 0 Å². The number of hydrogen-bond acceptors (Lipinski definition) is 1. The molecular formula is C28H48S. The predicted octanol–water partition coefficient (Wildman–Crippen LogP) is 10.2. The standard InChI is InChI=1S/C28H48S/c1-3-5-7-9-11-23-13-17-25(18-14-23)27-21-22-28(29-27)26-19-15-24(16-20-26)12-10-8-6-4-2/h21-26H,3-20H2,1-2H3. The third kappa shape index (κ3) is 7.71. The van der Waals surface area contributed by atoms with Crippen molar-refractivity contribution in [3.63, 3.8) is 0 Å². The highest BCUT2D eigenvalue weighted by Crippen LogP contribution is 2.44. The van der Waals surface area contributed by atoms with Crippen molar-refractivity contribution in [2.24, 2.45) is 11.8 Å². The first-order valence-corrected chi connectivity index (χ1v) is 14.2. The van der Waals surface area contributed by atoms with E-state index in [1.54, 1.807) is 9.75 Å². The molecule has 1 aromatic rings. The molecule has 0 nitrogen and oxygen atoms in total. The maximum atomic E-state index is 2.52. The van der Waals surface area contributed by atoms with E-state index >= 15 is 0 Å². The Labute approximate surface area is 186 Å². The molecule has 0 radical (unpaired) electrons. The average molecular weight is 417 g/mol. The Bertz CT molecular complexity index is 482. The summed E-state index contributed by atoms with van der Waals surface area (Å²) in [7, 11) is 0. The largest absolute Gasteiger partial charge is 0.145 e. The number of thiophene rings is 1. The summed E-state index contributed by atoms with van der Waals surface area (Å²) in [5, 5.41) is 0. The van der Waals surface area contributed by atoms with Crippen LogP contribution < -0.4 is 0 Å². The fourth-order valence-corrected chi connectivity index (χ4v) is 7.35. The first-order chi connectivity index (χ1) is 14.3. The Morgan fingerprint density at radius 1 is 0.586 bits per heavy atom. The summed E-state index contributed by atoms with van der Waals surface area (Å²) in [6, 6.07) is 5.03. The Morgan fingerprint density at radius 2 is 1.00 bits per heavy atom. The maximum Gasteiger partial charge on any atom is 0.00792 e. The fraction of sp³-hybridized carbons (Fsp3) is 0.857. The van der Waals surface area contributed by atoms with E-state index in [1.165, 1.54) is 116 Å². The molecule has 0 atom stereocenters. The van der Waals surface area contributed by atoms with Gasteiger partial charge in [0.1, 0.15) is 0 Å². The molecule has 0 N–H and O–H groups in total. The van der Waals surface area contributed by atoms with Gasteiger partial charge in [-0.05, 0) is 87.2 Å². The molecular weight excluding hydrogens is 368 g/mol. The molecule has 0 spiro atoms. The van der Waals surface area contributed by atoms with Crippen molar-refractivity contribution < 1.29 is 0 Å². The molecule has 2 saturated carbocycles. The summed E-state index contributed by atoms with van der Waals surface area (Å²) in [5.41, 5.74) is 0. The van der Waals surface area contributed by atoms with Gasteiger partial charge in [-0.1, -0.05) is 78.1 Å². The highest BCUT2D eigenvalue weighted by molar-refractivity contribution is 7.12. The molecule has 29 heavy (non-hydrogen) atoms. The van der Waals surface area contributed by atoms with Gasteiger partial charge in [0, 0.05) is 9.75 Å². The Hall–Kier alpha value is -0.300. The van der Waals surface area contributed by atoms with Gasteiger partial charge in [0.05, 0.1) is 0 Å². The molecule has 2 aliphatic rings. The van der Waals surface area contributed by atoms with Crippen molar-refractivity contribution in [2.75, 3.05) is 0 Å². The van der Waals surface area contributed by atoms with E-state index < -0.39 is 0 Å². The third-order valence-electron chi connectivity index (χ3n) is 8.08. The summed E-state index contributed by atoms with van der Waals surface area (Å²) in [6.07, 6.45) is 26.3. The lowest BCUT2D eigenvalue weighted by molar-refractivity contribution is 0.303. The molecule has 166 valence electrons. The highest BCUT2D eigenvalue weighted by Gasteiger charge is 2.26. The van der Waals surface area contributed by atoms with Crippen LogP contribution in [0.1, 0.15) is 151 Å². The van der Waals surface area contributed by atoms with E-state index in [0.29, 0.717) is 0 Å². The van der Waals surface area contributed by atoms with E-state index in [1.807, 2.05) is 0 Å². The van der Waals surface area contributed by atoms with Crippen LogP contribution in [0.4, 0.5) is 0 Å². The third-order valence-corrected chi connectivity index (χ3v) is 9.49. The van der Waals surface area contributed by atoms with Crippen LogP contribution in [0.2, 0.25) is 0 Å². The zero-order valence-corrected chi connectivity index (χ0v) is 20.4. The summed E-state index contributed by atoms with van der Waals surface area (Å²) < 4.78 is 0. The summed E-state index contributed by atoms with van der Waals surface area (Å²) in [5.74, 6) is 3.84. The van der Waals surface area contributed by atoms with E-state index in [9.17, 15) is 0 Å². The van der Waals surface area contributed by atoms with Gasteiger partial charge in [-0.2, -0.15) is 0 Å². The van der Waals surface area contributed by atoms with Crippen LogP contribution >= 0.6 is 11.3 Å². The van der Waals surface area contributed by atoms with Gasteiger partial charge in [-0.25, -0.2) is 0 Å². The number of hydrogen-bond donors (Lipinski definition) is 0. The van der Waals surface area contributed by atoms with Crippen molar-refractivity contribution in [3.05, 3.63) is 21.9 Å². The number of unbranched alkanes of at least 4 members (excludes halogenated alkanes) is 6. The van der Waals surface area contributed by atoms with E-state index in [2.05, 4.69) is 37.3 Å². The lowest BCUT2D eigenvalue weighted by Crippen LogP contribution is -2.13. The quantitative estimate of drug-likeness (QED) is 0.297. The first kappa shape index (κ1) is 23.4. The molecule has 0 aromatic carbocycles. The molecule has 1 heteroatoms. The van der Waals surface area contributed by atoms with Crippen LogP contribution in [-0.4, -0.2) is 0 Å². The predicted molar refractivity (Wildman–Crippen MR) is 131 cm³/mol. The second-order valence-electron chi connectivity index (χ2n) is 10.4. The zero-order chi connectivity index (χ0) is 20.3. The van der Waals surface area contributed by atoms with Crippen molar-refractivity contribution in [1.82, 2.24) is 0 Å². The smallest absolute Gasteiger partial charge is 0.00792 e. The minimum atomic E-state index is 0.885. The van der Waals surface area contributed by atoms with Gasteiger partial charge in [-0.15, -0.1) is 11.3 Å². The Morgan fingerprint density at radius 3 is 1.38 bits per heavy atom. The molecule has 0 bridgehead atoms. The van der Waals surface area contributed by atoms with Crippen LogP contribution in [0.5, 0.6) is 0 Å². The van der Waals surface area contributed by atoms with Crippen LogP contribution in [0, 0.1) is 11.8 Å². The molecule has 1 heterocycles. The fourth-order valence-electron chi connectivity index (χ4n) is 6.00. The van der Waals surface area contributed by atoms with Crippen LogP contribution in [0.15, 0.2) is 12.1 Å². The van der Waals surface area contributed by atoms with Crippen LogP contribution in [0.25, 0.3) is 0 Å². The van der Waals surface area contributed by atoms with Crippen molar-refractivity contribution in [1.29, 1.82) is 0 Å². The van der Waals surface area contributed by atoms with Gasteiger partial charge in [-0.3, -0.25) is 0 Å². The second-order valence-corrected chi connectivity index (χ2v) is 11.5. The van der Waals surface area contributed by atoms with Gasteiger partial charge in [0.25, 0.3) is 0 Å². The highest BCUT2D eigenvalue weighted by atomic mass is 32.1. The molecule has 0 amide bonds. The van der Waals surface area contributed by atoms with Crippen molar-refractivity contribution in [2.45, 2.75) is 141 Å². The van der Waals surface area contributed by atoms with Gasteiger partial charge in [0.15, 0.2) is 0 Å². The molecule has 0 unspecified atom stereocenters. The minimum Gasteiger partial charge on any atom is -0.145 e. The maximum absolute atomic E-state index is 2.52. The monoisotopic (exact) mass is 416 g/mol. The van der Waals surface area contributed by atoms with Crippen molar-refractivity contribution >= 4 is 11.3 Å². The minimum absolute atomic E-state index is 0.885. The second kappa shape index (κ2) is 13.2. The molecule has 1 aromatic heterocycles. The first-order valence-electron chi connectivity index (χ1n) is 13.4. The van der Waals surface area contributed by atoms with Crippen LogP contribution in [-0.2, 0) is 0 Å². The van der Waals surface area contributed by atoms with Gasteiger partial charge in [0.2, 0.25) is 0 Å². The number of rotatable bonds is 12. The Balaban J connectivity index is 1.36. The average Bonchev–Trinajstić information content (AvgIpc) is 3.25.